The average molecular weight is 283 g/mol. The second kappa shape index (κ2) is 5.67. The Hall–Kier alpha value is -2.14. The van der Waals surface area contributed by atoms with Crippen molar-refractivity contribution in [1.29, 1.82) is 0 Å². The SMILES string of the molecule is O=C(Nc1cccc(Cl)c1)Nc1cccc(F)c1F. The van der Waals surface area contributed by atoms with E-state index >= 15 is 0 Å². The Morgan fingerprint density at radius 2 is 1.79 bits per heavy atom. The minimum atomic E-state index is -1.11. The van der Waals surface area contributed by atoms with Crippen LogP contribution < -0.4 is 10.6 Å². The van der Waals surface area contributed by atoms with Gasteiger partial charge in [-0.25, -0.2) is 13.6 Å². The minimum Gasteiger partial charge on any atom is -0.308 e. The van der Waals surface area contributed by atoms with Gasteiger partial charge in [0, 0.05) is 10.7 Å². The van der Waals surface area contributed by atoms with E-state index in [0.717, 1.165) is 6.07 Å². The fourth-order valence-electron chi connectivity index (χ4n) is 1.45. The lowest BCUT2D eigenvalue weighted by Crippen LogP contribution is -2.20. The van der Waals surface area contributed by atoms with Crippen molar-refractivity contribution in [3.05, 3.63) is 59.1 Å². The molecule has 0 spiro atoms. The molecule has 0 fully saturated rings. The van der Waals surface area contributed by atoms with Gasteiger partial charge in [0.2, 0.25) is 0 Å². The van der Waals surface area contributed by atoms with Gasteiger partial charge in [-0.1, -0.05) is 23.7 Å². The van der Waals surface area contributed by atoms with Crippen molar-refractivity contribution in [2.75, 3.05) is 10.6 Å². The topological polar surface area (TPSA) is 41.1 Å². The molecule has 0 saturated carbocycles. The average Bonchev–Trinajstić information content (AvgIpc) is 2.35. The monoisotopic (exact) mass is 282 g/mol. The van der Waals surface area contributed by atoms with Crippen LogP contribution in [0.4, 0.5) is 25.0 Å². The lowest BCUT2D eigenvalue weighted by Gasteiger charge is -2.08. The zero-order chi connectivity index (χ0) is 13.8. The molecule has 0 aliphatic heterocycles. The summed E-state index contributed by atoms with van der Waals surface area (Å²) in [7, 11) is 0. The Morgan fingerprint density at radius 3 is 2.53 bits per heavy atom. The van der Waals surface area contributed by atoms with Crippen molar-refractivity contribution in [3.8, 4) is 0 Å². The number of carbonyl (C=O) groups excluding carboxylic acids is 1. The highest BCUT2D eigenvalue weighted by Gasteiger charge is 2.10. The highest BCUT2D eigenvalue weighted by Crippen LogP contribution is 2.18. The molecule has 6 heteroatoms. The van der Waals surface area contributed by atoms with Gasteiger partial charge in [0.25, 0.3) is 0 Å². The molecule has 0 radical (unpaired) electrons. The highest BCUT2D eigenvalue weighted by atomic mass is 35.5. The molecule has 0 aliphatic rings. The summed E-state index contributed by atoms with van der Waals surface area (Å²) in [6.45, 7) is 0. The van der Waals surface area contributed by atoms with Crippen LogP contribution in [0.1, 0.15) is 0 Å². The molecular formula is C13H9ClF2N2O. The van der Waals surface area contributed by atoms with Crippen LogP contribution in [0.3, 0.4) is 0 Å². The number of halogens is 3. The molecule has 2 aromatic rings. The summed E-state index contributed by atoms with van der Waals surface area (Å²) in [6.07, 6.45) is 0. The molecule has 0 unspecified atom stereocenters. The molecule has 0 aliphatic carbocycles. The third-order valence-electron chi connectivity index (χ3n) is 2.28. The number of nitrogens with one attached hydrogen (secondary N) is 2. The van der Waals surface area contributed by atoms with Gasteiger partial charge in [-0.3, -0.25) is 0 Å². The molecule has 3 nitrogen and oxygen atoms in total. The number of carbonyl (C=O) groups is 1. The number of urea groups is 1. The molecule has 19 heavy (non-hydrogen) atoms. The quantitative estimate of drug-likeness (QED) is 0.849. The van der Waals surface area contributed by atoms with Gasteiger partial charge in [-0.05, 0) is 30.3 Å². The van der Waals surface area contributed by atoms with Crippen LogP contribution in [0.2, 0.25) is 5.02 Å². The molecule has 98 valence electrons. The number of anilines is 2. The molecule has 2 N–H and O–H groups in total. The lowest BCUT2D eigenvalue weighted by atomic mass is 10.3. The maximum Gasteiger partial charge on any atom is 0.323 e. The summed E-state index contributed by atoms with van der Waals surface area (Å²) < 4.78 is 26.3. The first-order valence-corrected chi connectivity index (χ1v) is 5.71. The first kappa shape index (κ1) is 13.3. The molecular weight excluding hydrogens is 274 g/mol. The number of rotatable bonds is 2. The minimum absolute atomic E-state index is 0.237. The molecule has 2 amide bonds. The Morgan fingerprint density at radius 1 is 1.05 bits per heavy atom. The van der Waals surface area contributed by atoms with E-state index in [4.69, 9.17) is 11.6 Å². The molecule has 0 aromatic heterocycles. The molecule has 0 atom stereocenters. The largest absolute Gasteiger partial charge is 0.323 e. The van der Waals surface area contributed by atoms with Crippen LogP contribution in [0.5, 0.6) is 0 Å². The Bertz CT molecular complexity index is 619. The van der Waals surface area contributed by atoms with Gasteiger partial charge in [0.05, 0.1) is 5.69 Å². The maximum atomic E-state index is 13.3. The number of amides is 2. The van der Waals surface area contributed by atoms with E-state index in [9.17, 15) is 13.6 Å². The molecule has 0 heterocycles. The molecule has 0 bridgehead atoms. The molecule has 2 aromatic carbocycles. The number of hydrogen-bond acceptors (Lipinski definition) is 1. The summed E-state index contributed by atoms with van der Waals surface area (Å²) in [6, 6.07) is 9.29. The third kappa shape index (κ3) is 3.42. The van der Waals surface area contributed by atoms with Crippen molar-refractivity contribution in [2.24, 2.45) is 0 Å². The summed E-state index contributed by atoms with van der Waals surface area (Å²) >= 11 is 5.75. The fraction of sp³-hybridized carbons (Fsp3) is 0. The van der Waals surface area contributed by atoms with Crippen molar-refractivity contribution in [2.45, 2.75) is 0 Å². The van der Waals surface area contributed by atoms with E-state index in [1.54, 1.807) is 18.2 Å². The van der Waals surface area contributed by atoms with Crippen molar-refractivity contribution >= 4 is 29.0 Å². The van der Waals surface area contributed by atoms with Gasteiger partial charge in [-0.2, -0.15) is 0 Å². The van der Waals surface area contributed by atoms with Crippen LogP contribution in [-0.2, 0) is 0 Å². The predicted octanol–water partition coefficient (Wildman–Crippen LogP) is 4.26. The predicted molar refractivity (Wildman–Crippen MR) is 70.5 cm³/mol. The Labute approximate surface area is 113 Å². The van der Waals surface area contributed by atoms with Crippen LogP contribution in [0, 0.1) is 11.6 Å². The van der Waals surface area contributed by atoms with E-state index in [2.05, 4.69) is 10.6 Å². The summed E-state index contributed by atoms with van der Waals surface area (Å²) in [4.78, 5) is 11.6. The van der Waals surface area contributed by atoms with E-state index in [1.807, 2.05) is 0 Å². The lowest BCUT2D eigenvalue weighted by molar-refractivity contribution is 0.262. The van der Waals surface area contributed by atoms with Crippen LogP contribution in [0.25, 0.3) is 0 Å². The van der Waals surface area contributed by atoms with E-state index in [1.165, 1.54) is 18.2 Å². The fourth-order valence-corrected chi connectivity index (χ4v) is 1.64. The summed E-state index contributed by atoms with van der Waals surface area (Å²) in [5, 5.41) is 5.12. The number of hydrogen-bond donors (Lipinski definition) is 2. The van der Waals surface area contributed by atoms with Crippen molar-refractivity contribution in [1.82, 2.24) is 0 Å². The summed E-state index contributed by atoms with van der Waals surface area (Å²) in [5.41, 5.74) is 0.210. The van der Waals surface area contributed by atoms with Gasteiger partial charge in [0.15, 0.2) is 11.6 Å². The molecule has 2 rings (SSSR count). The van der Waals surface area contributed by atoms with Gasteiger partial charge in [0.1, 0.15) is 0 Å². The standard InChI is InChI=1S/C13H9ClF2N2O/c14-8-3-1-4-9(7-8)17-13(19)18-11-6-2-5-10(15)12(11)16/h1-7H,(H2,17,18,19). The van der Waals surface area contributed by atoms with E-state index in [0.29, 0.717) is 10.7 Å². The van der Waals surface area contributed by atoms with Gasteiger partial charge < -0.3 is 10.6 Å². The second-order valence-corrected chi connectivity index (χ2v) is 4.13. The number of benzene rings is 2. The highest BCUT2D eigenvalue weighted by molar-refractivity contribution is 6.30. The third-order valence-corrected chi connectivity index (χ3v) is 2.52. The molecule has 0 saturated heterocycles. The van der Waals surface area contributed by atoms with E-state index < -0.39 is 17.7 Å². The van der Waals surface area contributed by atoms with Crippen LogP contribution in [-0.4, -0.2) is 6.03 Å². The van der Waals surface area contributed by atoms with Gasteiger partial charge >= 0.3 is 6.03 Å². The van der Waals surface area contributed by atoms with Gasteiger partial charge in [-0.15, -0.1) is 0 Å². The Kier molecular flexibility index (Phi) is 3.97. The van der Waals surface area contributed by atoms with Crippen molar-refractivity contribution in [3.63, 3.8) is 0 Å². The summed E-state index contributed by atoms with van der Waals surface area (Å²) in [5.74, 6) is -2.13. The zero-order valence-electron chi connectivity index (χ0n) is 9.58. The first-order valence-electron chi connectivity index (χ1n) is 5.34. The first-order chi connectivity index (χ1) is 9.06. The zero-order valence-corrected chi connectivity index (χ0v) is 10.3. The van der Waals surface area contributed by atoms with Crippen LogP contribution >= 0.6 is 11.6 Å². The van der Waals surface area contributed by atoms with E-state index in [-0.39, 0.29) is 5.69 Å². The van der Waals surface area contributed by atoms with Crippen molar-refractivity contribution < 1.29 is 13.6 Å². The smallest absolute Gasteiger partial charge is 0.308 e. The normalized spacial score (nSPS) is 10.1. The van der Waals surface area contributed by atoms with Crippen LogP contribution in [0.15, 0.2) is 42.5 Å². The maximum absolute atomic E-state index is 13.3. The Balaban J connectivity index is 2.08. The second-order valence-electron chi connectivity index (χ2n) is 3.69.